The Morgan fingerprint density at radius 1 is 1.17 bits per heavy atom. The molecular formula is C18H15N3O3. The topological polar surface area (TPSA) is 85.0 Å². The number of hydrogen-bond donors (Lipinski definition) is 0. The number of aryl methyl sites for hydroxylation is 1. The number of carbonyl (C=O) groups excluding carboxylic acids is 1. The van der Waals surface area contributed by atoms with E-state index in [9.17, 15) is 9.59 Å². The summed E-state index contributed by atoms with van der Waals surface area (Å²) in [5.41, 5.74) is 0.499. The zero-order valence-corrected chi connectivity index (χ0v) is 13.5. The van der Waals surface area contributed by atoms with Crippen LogP contribution in [0.1, 0.15) is 35.3 Å². The van der Waals surface area contributed by atoms with Gasteiger partial charge in [0.15, 0.2) is 5.78 Å². The van der Waals surface area contributed by atoms with Crippen LogP contribution in [0.4, 0.5) is 0 Å². The summed E-state index contributed by atoms with van der Waals surface area (Å²) < 4.78 is 7.00. The first kappa shape index (κ1) is 15.7. The molecule has 0 bridgehead atoms. The van der Waals surface area contributed by atoms with Gasteiger partial charge < -0.3 is 4.74 Å². The molecule has 0 saturated carbocycles. The Balaban J connectivity index is 2.12. The van der Waals surface area contributed by atoms with Crippen molar-refractivity contribution in [3.63, 3.8) is 0 Å². The zero-order chi connectivity index (χ0) is 17.5. The molecule has 6 nitrogen and oxygen atoms in total. The fraction of sp³-hybridized carbons (Fsp3) is 0.222. The number of benzene rings is 1. The zero-order valence-electron chi connectivity index (χ0n) is 13.5. The average Bonchev–Trinajstić information content (AvgIpc) is 2.55. The SMILES string of the molecule is Cn1nc(OC2=CC(C)(C)C(=O)c3ccc(C#N)cc32)ccc1=O. The number of aromatic nitrogens is 2. The van der Waals surface area contributed by atoms with Crippen LogP contribution in [-0.4, -0.2) is 15.6 Å². The highest BCUT2D eigenvalue weighted by Gasteiger charge is 2.35. The van der Waals surface area contributed by atoms with Crippen molar-refractivity contribution in [3.05, 3.63) is 63.5 Å². The van der Waals surface area contributed by atoms with Crippen molar-refractivity contribution in [2.75, 3.05) is 0 Å². The number of ether oxygens (including phenoxy) is 1. The lowest BCUT2D eigenvalue weighted by Crippen LogP contribution is -2.28. The fourth-order valence-corrected chi connectivity index (χ4v) is 2.57. The van der Waals surface area contributed by atoms with Crippen LogP contribution in [0.2, 0.25) is 0 Å². The van der Waals surface area contributed by atoms with E-state index in [1.165, 1.54) is 23.9 Å². The van der Waals surface area contributed by atoms with E-state index in [1.807, 2.05) is 0 Å². The van der Waals surface area contributed by atoms with Crippen LogP contribution in [-0.2, 0) is 7.05 Å². The van der Waals surface area contributed by atoms with Gasteiger partial charge in [-0.3, -0.25) is 9.59 Å². The lowest BCUT2D eigenvalue weighted by atomic mass is 9.77. The number of carbonyl (C=O) groups is 1. The number of fused-ring (bicyclic) bond motifs is 1. The van der Waals surface area contributed by atoms with Crippen LogP contribution in [0.5, 0.6) is 5.88 Å². The van der Waals surface area contributed by atoms with E-state index >= 15 is 0 Å². The number of rotatable bonds is 2. The van der Waals surface area contributed by atoms with Crippen LogP contribution >= 0.6 is 0 Å². The molecule has 3 rings (SSSR count). The maximum absolute atomic E-state index is 12.6. The summed E-state index contributed by atoms with van der Waals surface area (Å²) in [7, 11) is 1.53. The van der Waals surface area contributed by atoms with Crippen molar-refractivity contribution in [3.8, 4) is 11.9 Å². The van der Waals surface area contributed by atoms with Crippen molar-refractivity contribution in [2.24, 2.45) is 12.5 Å². The molecule has 0 aliphatic heterocycles. The molecule has 120 valence electrons. The van der Waals surface area contributed by atoms with Crippen molar-refractivity contribution in [1.29, 1.82) is 5.26 Å². The number of ketones is 1. The van der Waals surface area contributed by atoms with Gasteiger partial charge in [0.1, 0.15) is 5.76 Å². The molecule has 0 amide bonds. The smallest absolute Gasteiger partial charge is 0.266 e. The molecule has 1 aliphatic carbocycles. The highest BCUT2D eigenvalue weighted by Crippen LogP contribution is 2.37. The van der Waals surface area contributed by atoms with Gasteiger partial charge >= 0.3 is 0 Å². The Morgan fingerprint density at radius 3 is 2.58 bits per heavy atom. The van der Waals surface area contributed by atoms with Gasteiger partial charge in [-0.05, 0) is 38.1 Å². The van der Waals surface area contributed by atoms with E-state index in [2.05, 4.69) is 11.2 Å². The Morgan fingerprint density at radius 2 is 1.92 bits per heavy atom. The molecule has 1 aliphatic rings. The van der Waals surface area contributed by atoms with E-state index in [0.29, 0.717) is 22.4 Å². The predicted octanol–water partition coefficient (Wildman–Crippen LogP) is 2.29. The van der Waals surface area contributed by atoms with Crippen LogP contribution in [0.3, 0.4) is 0 Å². The standard InChI is InChI=1S/C18H15N3O3/c1-18(2)9-14(24-15-6-7-16(22)21(3)20-15)13-8-11(10-19)4-5-12(13)17(18)23/h4-9H,1-3H3. The number of hydrogen-bond acceptors (Lipinski definition) is 5. The largest absolute Gasteiger partial charge is 0.437 e. The molecule has 0 N–H and O–H groups in total. The van der Waals surface area contributed by atoms with E-state index in [0.717, 1.165) is 0 Å². The molecule has 0 unspecified atom stereocenters. The van der Waals surface area contributed by atoms with Gasteiger partial charge in [-0.2, -0.15) is 5.26 Å². The molecule has 2 aromatic rings. The van der Waals surface area contributed by atoms with Crippen molar-refractivity contribution >= 4 is 11.5 Å². The highest BCUT2D eigenvalue weighted by molar-refractivity contribution is 6.08. The van der Waals surface area contributed by atoms with Gasteiger partial charge in [-0.1, -0.05) is 0 Å². The Kier molecular flexibility index (Phi) is 3.57. The maximum Gasteiger partial charge on any atom is 0.266 e. The predicted molar refractivity (Wildman–Crippen MR) is 87.4 cm³/mol. The summed E-state index contributed by atoms with van der Waals surface area (Å²) in [5, 5.41) is 13.1. The van der Waals surface area contributed by atoms with Gasteiger partial charge in [0.05, 0.1) is 11.6 Å². The van der Waals surface area contributed by atoms with Gasteiger partial charge in [0, 0.05) is 35.7 Å². The Bertz CT molecular complexity index is 978. The molecule has 0 atom stereocenters. The second-order valence-electron chi connectivity index (χ2n) is 6.17. The van der Waals surface area contributed by atoms with E-state index in [4.69, 9.17) is 10.00 Å². The quantitative estimate of drug-likeness (QED) is 0.847. The second-order valence-corrected chi connectivity index (χ2v) is 6.17. The third kappa shape index (κ3) is 2.61. The van der Waals surface area contributed by atoms with E-state index in [-0.39, 0.29) is 17.2 Å². The molecule has 0 spiro atoms. The molecule has 1 aromatic carbocycles. The van der Waals surface area contributed by atoms with Crippen molar-refractivity contribution < 1.29 is 9.53 Å². The number of nitrogens with zero attached hydrogens (tertiary/aromatic N) is 3. The van der Waals surface area contributed by atoms with Gasteiger partial charge in [-0.25, -0.2) is 4.68 Å². The minimum Gasteiger partial charge on any atom is -0.437 e. The van der Waals surface area contributed by atoms with Crippen LogP contribution in [0.15, 0.2) is 41.2 Å². The molecule has 6 heteroatoms. The summed E-state index contributed by atoms with van der Waals surface area (Å²) in [6.07, 6.45) is 1.71. The average molecular weight is 321 g/mol. The van der Waals surface area contributed by atoms with E-state index in [1.54, 1.807) is 38.1 Å². The number of allylic oxidation sites excluding steroid dienone is 1. The highest BCUT2D eigenvalue weighted by atomic mass is 16.5. The van der Waals surface area contributed by atoms with Crippen molar-refractivity contribution in [1.82, 2.24) is 9.78 Å². The minimum atomic E-state index is -0.739. The number of nitriles is 1. The fourth-order valence-electron chi connectivity index (χ4n) is 2.57. The molecule has 1 heterocycles. The second kappa shape index (κ2) is 5.46. The van der Waals surface area contributed by atoms with Crippen LogP contribution < -0.4 is 10.3 Å². The monoisotopic (exact) mass is 321 g/mol. The van der Waals surface area contributed by atoms with Crippen molar-refractivity contribution in [2.45, 2.75) is 13.8 Å². The molecule has 0 radical (unpaired) electrons. The van der Waals surface area contributed by atoms with E-state index < -0.39 is 5.41 Å². The molecule has 0 fully saturated rings. The van der Waals surface area contributed by atoms with Gasteiger partial charge in [-0.15, -0.1) is 5.10 Å². The van der Waals surface area contributed by atoms with Crippen LogP contribution in [0.25, 0.3) is 5.76 Å². The molecular weight excluding hydrogens is 306 g/mol. The van der Waals surface area contributed by atoms with Gasteiger partial charge in [0.25, 0.3) is 5.56 Å². The summed E-state index contributed by atoms with van der Waals surface area (Å²) in [5.74, 6) is 0.641. The normalized spacial score (nSPS) is 15.2. The van der Waals surface area contributed by atoms with Gasteiger partial charge in [0.2, 0.25) is 5.88 Å². The first-order valence-electron chi connectivity index (χ1n) is 7.36. The first-order valence-corrected chi connectivity index (χ1v) is 7.36. The summed E-state index contributed by atoms with van der Waals surface area (Å²) in [6, 6.07) is 9.76. The lowest BCUT2D eigenvalue weighted by molar-refractivity contribution is 0.0880. The Hall–Kier alpha value is -3.20. The van der Waals surface area contributed by atoms with Crippen LogP contribution in [0, 0.1) is 16.7 Å². The molecule has 0 saturated heterocycles. The summed E-state index contributed by atoms with van der Waals surface area (Å²) >= 11 is 0. The summed E-state index contributed by atoms with van der Waals surface area (Å²) in [6.45, 7) is 3.60. The first-order chi connectivity index (χ1) is 11.3. The molecule has 1 aromatic heterocycles. The summed E-state index contributed by atoms with van der Waals surface area (Å²) in [4.78, 5) is 24.0. The lowest BCUT2D eigenvalue weighted by Gasteiger charge is -2.27. The Labute approximate surface area is 138 Å². The minimum absolute atomic E-state index is 0.0391. The molecule has 24 heavy (non-hydrogen) atoms. The third-order valence-electron chi connectivity index (χ3n) is 3.89. The third-order valence-corrected chi connectivity index (χ3v) is 3.89. The maximum atomic E-state index is 12.6. The number of Topliss-reactive ketones (excluding diaryl/α,β-unsaturated/α-hetero) is 1.